The average molecular weight is 492 g/mol. The molecule has 3 aromatic carbocycles. The molecule has 0 fully saturated rings. The molecule has 0 spiro atoms. The summed E-state index contributed by atoms with van der Waals surface area (Å²) in [6.45, 7) is 0. The zero-order valence-corrected chi connectivity index (χ0v) is 20.3. The van der Waals surface area contributed by atoms with Gasteiger partial charge in [0, 0.05) is 17.3 Å². The van der Waals surface area contributed by atoms with Crippen LogP contribution in [0, 0.1) is 0 Å². The van der Waals surface area contributed by atoms with Crippen molar-refractivity contribution in [2.75, 3.05) is 32.5 Å². The van der Waals surface area contributed by atoms with Crippen LogP contribution in [0.2, 0.25) is 0 Å². The second kappa shape index (κ2) is 10.8. The van der Waals surface area contributed by atoms with E-state index in [1.165, 1.54) is 16.4 Å². The average Bonchev–Trinajstić information content (AvgIpc) is 3.27. The molecule has 0 aliphatic rings. The van der Waals surface area contributed by atoms with Crippen molar-refractivity contribution in [3.05, 3.63) is 78.4 Å². The molecule has 180 valence electrons. The molecule has 0 bridgehead atoms. The van der Waals surface area contributed by atoms with Gasteiger partial charge in [0.15, 0.2) is 17.3 Å². The zero-order valence-electron chi connectivity index (χ0n) is 19.5. The Balaban J connectivity index is 1.63. The number of carbonyl (C=O) groups excluding carboxylic acids is 1. The highest BCUT2D eigenvalue weighted by molar-refractivity contribution is 8.00. The van der Waals surface area contributed by atoms with Gasteiger partial charge >= 0.3 is 0 Å². The highest BCUT2D eigenvalue weighted by Crippen LogP contribution is 2.37. The third-order valence-corrected chi connectivity index (χ3v) is 6.42. The van der Waals surface area contributed by atoms with Crippen molar-refractivity contribution in [3.8, 4) is 28.6 Å². The number of thioether (sulfide) groups is 1. The SMILES string of the molecule is COc1cccc(NC(=O)C(Sc2nnc(-c3ccc(OC)c(OC)c3)n2N)c2ccccc2)c1. The van der Waals surface area contributed by atoms with Crippen LogP contribution in [0.1, 0.15) is 10.8 Å². The smallest absolute Gasteiger partial charge is 0.242 e. The summed E-state index contributed by atoms with van der Waals surface area (Å²) < 4.78 is 17.3. The number of nitrogen functional groups attached to an aromatic ring is 1. The molecule has 0 aliphatic heterocycles. The number of methoxy groups -OCH3 is 3. The number of hydrogen-bond donors (Lipinski definition) is 2. The Morgan fingerprint density at radius 2 is 1.69 bits per heavy atom. The molecule has 35 heavy (non-hydrogen) atoms. The van der Waals surface area contributed by atoms with Gasteiger partial charge < -0.3 is 25.4 Å². The molecule has 9 nitrogen and oxygen atoms in total. The van der Waals surface area contributed by atoms with Crippen molar-refractivity contribution in [2.45, 2.75) is 10.4 Å². The predicted octanol–water partition coefficient (Wildman–Crippen LogP) is 4.16. The Morgan fingerprint density at radius 1 is 0.914 bits per heavy atom. The van der Waals surface area contributed by atoms with Crippen LogP contribution in [0.25, 0.3) is 11.4 Å². The van der Waals surface area contributed by atoms with Gasteiger partial charge in [0.2, 0.25) is 11.1 Å². The first-order valence-corrected chi connectivity index (χ1v) is 11.5. The molecule has 1 heterocycles. The molecule has 0 aliphatic carbocycles. The second-order valence-corrected chi connectivity index (χ2v) is 8.45. The number of ether oxygens (including phenoxy) is 3. The van der Waals surface area contributed by atoms with Crippen LogP contribution in [0.15, 0.2) is 78.0 Å². The number of nitrogens with one attached hydrogen (secondary N) is 1. The van der Waals surface area contributed by atoms with Crippen molar-refractivity contribution < 1.29 is 19.0 Å². The minimum absolute atomic E-state index is 0.231. The van der Waals surface area contributed by atoms with Gasteiger partial charge in [0.1, 0.15) is 11.0 Å². The normalized spacial score (nSPS) is 11.5. The van der Waals surface area contributed by atoms with Crippen LogP contribution in [0.4, 0.5) is 5.69 Å². The van der Waals surface area contributed by atoms with E-state index < -0.39 is 5.25 Å². The van der Waals surface area contributed by atoms with Crippen LogP contribution in [0.5, 0.6) is 17.2 Å². The van der Waals surface area contributed by atoms with Gasteiger partial charge in [0.05, 0.1) is 21.3 Å². The third kappa shape index (κ3) is 5.33. The first-order chi connectivity index (χ1) is 17.0. The molecule has 3 N–H and O–H groups in total. The largest absolute Gasteiger partial charge is 0.497 e. The molecule has 4 aromatic rings. The van der Waals surface area contributed by atoms with Crippen molar-refractivity contribution in [3.63, 3.8) is 0 Å². The number of aromatic nitrogens is 3. The predicted molar refractivity (Wildman–Crippen MR) is 135 cm³/mol. The van der Waals surface area contributed by atoms with Crippen molar-refractivity contribution >= 4 is 23.4 Å². The van der Waals surface area contributed by atoms with Crippen molar-refractivity contribution in [2.24, 2.45) is 0 Å². The fourth-order valence-corrected chi connectivity index (χ4v) is 4.40. The standard InChI is InChI=1S/C25H25N5O4S/c1-32-19-11-7-10-18(15-19)27-24(31)22(16-8-5-4-6-9-16)35-25-29-28-23(30(25)26)17-12-13-20(33-2)21(14-17)34-3/h4-15,22H,26H2,1-3H3,(H,27,31). The van der Waals surface area contributed by atoms with Crippen molar-refractivity contribution in [1.29, 1.82) is 0 Å². The molecule has 0 radical (unpaired) electrons. The summed E-state index contributed by atoms with van der Waals surface area (Å²) in [6.07, 6.45) is 0. The molecule has 10 heteroatoms. The molecule has 1 amide bonds. The number of rotatable bonds is 9. The minimum Gasteiger partial charge on any atom is -0.497 e. The monoisotopic (exact) mass is 491 g/mol. The lowest BCUT2D eigenvalue weighted by Crippen LogP contribution is -2.20. The molecule has 1 aromatic heterocycles. The van der Waals surface area contributed by atoms with E-state index in [0.717, 1.165) is 5.56 Å². The number of amides is 1. The van der Waals surface area contributed by atoms with E-state index in [-0.39, 0.29) is 5.91 Å². The fourth-order valence-electron chi connectivity index (χ4n) is 3.44. The Kier molecular flexibility index (Phi) is 7.41. The first-order valence-electron chi connectivity index (χ1n) is 10.6. The Hall–Kier alpha value is -4.18. The maximum atomic E-state index is 13.4. The van der Waals surface area contributed by atoms with Gasteiger partial charge in [-0.25, -0.2) is 4.68 Å². The van der Waals surface area contributed by atoms with Crippen LogP contribution in [0.3, 0.4) is 0 Å². The molecular weight excluding hydrogens is 466 g/mol. The molecular formula is C25H25N5O4S. The van der Waals surface area contributed by atoms with E-state index in [4.69, 9.17) is 20.1 Å². The summed E-state index contributed by atoms with van der Waals surface area (Å²) in [6, 6.07) is 21.9. The highest BCUT2D eigenvalue weighted by atomic mass is 32.2. The molecule has 0 saturated heterocycles. The lowest BCUT2D eigenvalue weighted by Gasteiger charge is -2.17. The van der Waals surface area contributed by atoms with Crippen LogP contribution < -0.4 is 25.4 Å². The topological polar surface area (TPSA) is 114 Å². The number of hydrogen-bond acceptors (Lipinski definition) is 8. The van der Waals surface area contributed by atoms with Gasteiger partial charge in [-0.05, 0) is 35.9 Å². The number of anilines is 1. The van der Waals surface area contributed by atoms with E-state index in [1.54, 1.807) is 45.6 Å². The summed E-state index contributed by atoms with van der Waals surface area (Å²) in [4.78, 5) is 13.4. The first kappa shape index (κ1) is 24.0. The number of benzene rings is 3. The summed E-state index contributed by atoms with van der Waals surface area (Å²) in [7, 11) is 4.70. The number of nitrogens with two attached hydrogens (primary N) is 1. The summed E-state index contributed by atoms with van der Waals surface area (Å²) in [5, 5.41) is 11.2. The van der Waals surface area contributed by atoms with Gasteiger partial charge in [-0.15, -0.1) is 10.2 Å². The summed E-state index contributed by atoms with van der Waals surface area (Å²) in [5.41, 5.74) is 2.12. The van der Waals surface area contributed by atoms with E-state index in [1.807, 2.05) is 48.5 Å². The van der Waals surface area contributed by atoms with Crippen LogP contribution >= 0.6 is 11.8 Å². The van der Waals surface area contributed by atoms with E-state index in [0.29, 0.717) is 39.5 Å². The zero-order chi connectivity index (χ0) is 24.8. The van der Waals surface area contributed by atoms with Gasteiger partial charge in [-0.1, -0.05) is 48.2 Å². The van der Waals surface area contributed by atoms with Gasteiger partial charge in [0.25, 0.3) is 0 Å². The van der Waals surface area contributed by atoms with E-state index in [9.17, 15) is 4.79 Å². The molecule has 1 atom stereocenters. The van der Waals surface area contributed by atoms with Crippen LogP contribution in [-0.4, -0.2) is 42.1 Å². The maximum absolute atomic E-state index is 13.4. The van der Waals surface area contributed by atoms with Crippen molar-refractivity contribution in [1.82, 2.24) is 14.9 Å². The summed E-state index contributed by atoms with van der Waals surface area (Å²) in [5.74, 6) is 8.34. The molecule has 4 rings (SSSR count). The highest BCUT2D eigenvalue weighted by Gasteiger charge is 2.26. The fraction of sp³-hybridized carbons (Fsp3) is 0.160. The van der Waals surface area contributed by atoms with E-state index >= 15 is 0 Å². The Morgan fingerprint density at radius 3 is 2.40 bits per heavy atom. The van der Waals surface area contributed by atoms with E-state index in [2.05, 4.69) is 15.5 Å². The second-order valence-electron chi connectivity index (χ2n) is 7.38. The van der Waals surface area contributed by atoms with Gasteiger partial charge in [-0.2, -0.15) is 0 Å². The Labute approximate surface area is 207 Å². The van der Waals surface area contributed by atoms with Crippen LogP contribution in [-0.2, 0) is 4.79 Å². The summed E-state index contributed by atoms with van der Waals surface area (Å²) >= 11 is 1.20. The quantitative estimate of drug-likeness (QED) is 0.265. The maximum Gasteiger partial charge on any atom is 0.242 e. The third-order valence-electron chi connectivity index (χ3n) is 5.21. The Bertz CT molecular complexity index is 1310. The lowest BCUT2D eigenvalue weighted by atomic mass is 10.1. The lowest BCUT2D eigenvalue weighted by molar-refractivity contribution is -0.115. The molecule has 1 unspecified atom stereocenters. The number of nitrogens with zero attached hydrogens (tertiary/aromatic N) is 3. The van der Waals surface area contributed by atoms with Gasteiger partial charge in [-0.3, -0.25) is 4.79 Å². The molecule has 0 saturated carbocycles. The minimum atomic E-state index is -0.632. The number of carbonyl (C=O) groups is 1.